The van der Waals surface area contributed by atoms with Gasteiger partial charge in [0.05, 0.1) is 12.2 Å². The van der Waals surface area contributed by atoms with Crippen LogP contribution in [0.25, 0.3) is 11.1 Å². The van der Waals surface area contributed by atoms with E-state index in [0.717, 1.165) is 36.4 Å². The minimum atomic E-state index is -0.362. The van der Waals surface area contributed by atoms with E-state index in [1.54, 1.807) is 16.7 Å². The van der Waals surface area contributed by atoms with E-state index in [9.17, 15) is 4.79 Å². The van der Waals surface area contributed by atoms with Crippen LogP contribution in [0.15, 0.2) is 45.6 Å². The van der Waals surface area contributed by atoms with Gasteiger partial charge >= 0.3 is 5.76 Å². The van der Waals surface area contributed by atoms with Crippen LogP contribution in [0.5, 0.6) is 11.5 Å². The van der Waals surface area contributed by atoms with Gasteiger partial charge in [-0.15, -0.1) is 0 Å². The summed E-state index contributed by atoms with van der Waals surface area (Å²) in [5, 5.41) is 0.554. The fraction of sp³-hybridized carbons (Fsp3) is 0.316. The average molecular weight is 373 g/mol. The van der Waals surface area contributed by atoms with E-state index in [4.69, 9.17) is 25.5 Å². The van der Waals surface area contributed by atoms with Crippen LogP contribution in [0.4, 0.5) is 0 Å². The first kappa shape index (κ1) is 15.8. The number of rotatable bonds is 3. The molecule has 2 aliphatic heterocycles. The zero-order valence-electron chi connectivity index (χ0n) is 14.0. The molecule has 0 bridgehead atoms. The van der Waals surface area contributed by atoms with Crippen molar-refractivity contribution in [3.63, 3.8) is 0 Å². The Labute approximate surface area is 154 Å². The Morgan fingerprint density at radius 3 is 2.92 bits per heavy atom. The van der Waals surface area contributed by atoms with Crippen molar-refractivity contribution in [2.75, 3.05) is 13.3 Å². The van der Waals surface area contributed by atoms with Gasteiger partial charge in [-0.05, 0) is 42.7 Å². The van der Waals surface area contributed by atoms with Crippen LogP contribution < -0.4 is 15.2 Å². The molecule has 6 nitrogen and oxygen atoms in total. The molecule has 0 aliphatic carbocycles. The van der Waals surface area contributed by atoms with Crippen molar-refractivity contribution < 1.29 is 13.9 Å². The van der Waals surface area contributed by atoms with Gasteiger partial charge in [-0.1, -0.05) is 17.7 Å². The van der Waals surface area contributed by atoms with Gasteiger partial charge < -0.3 is 13.9 Å². The van der Waals surface area contributed by atoms with Crippen molar-refractivity contribution in [3.05, 3.63) is 57.5 Å². The Hall–Kier alpha value is -2.44. The third kappa shape index (κ3) is 2.57. The van der Waals surface area contributed by atoms with Crippen LogP contribution in [0.2, 0.25) is 5.02 Å². The van der Waals surface area contributed by atoms with Crippen molar-refractivity contribution in [1.29, 1.82) is 0 Å². The molecule has 1 unspecified atom stereocenters. The summed E-state index contributed by atoms with van der Waals surface area (Å²) in [5.41, 5.74) is 2.45. The number of ether oxygens (including phenoxy) is 2. The molecule has 134 valence electrons. The molecule has 0 amide bonds. The summed E-state index contributed by atoms with van der Waals surface area (Å²) in [4.78, 5) is 14.6. The third-order valence-electron chi connectivity index (χ3n) is 5.10. The number of oxazole rings is 1. The van der Waals surface area contributed by atoms with Gasteiger partial charge in [-0.25, -0.2) is 4.79 Å². The number of fused-ring (bicyclic) bond motifs is 2. The van der Waals surface area contributed by atoms with Crippen molar-refractivity contribution in [2.45, 2.75) is 25.6 Å². The molecule has 2 aliphatic rings. The minimum absolute atomic E-state index is 0.230. The second-order valence-electron chi connectivity index (χ2n) is 6.63. The number of nitrogens with zero attached hydrogens (tertiary/aromatic N) is 2. The maximum atomic E-state index is 12.3. The molecule has 0 N–H and O–H groups in total. The van der Waals surface area contributed by atoms with E-state index in [1.165, 1.54) is 5.56 Å². The lowest BCUT2D eigenvalue weighted by Gasteiger charge is -2.25. The lowest BCUT2D eigenvalue weighted by Crippen LogP contribution is -2.30. The number of likely N-dealkylation sites (tertiary alicyclic amines) is 1. The van der Waals surface area contributed by atoms with E-state index in [0.29, 0.717) is 17.3 Å². The van der Waals surface area contributed by atoms with Crippen molar-refractivity contribution in [2.24, 2.45) is 0 Å². The molecule has 0 radical (unpaired) electrons. The van der Waals surface area contributed by atoms with Crippen LogP contribution in [-0.2, 0) is 6.67 Å². The molecule has 5 rings (SSSR count). The molecule has 1 fully saturated rings. The zero-order valence-corrected chi connectivity index (χ0v) is 14.7. The largest absolute Gasteiger partial charge is 0.454 e. The highest BCUT2D eigenvalue weighted by Gasteiger charge is 2.28. The normalized spacial score (nSPS) is 19.5. The highest BCUT2D eigenvalue weighted by atomic mass is 35.5. The van der Waals surface area contributed by atoms with E-state index in [1.807, 2.05) is 18.2 Å². The topological polar surface area (TPSA) is 56.8 Å². The number of hydrogen-bond acceptors (Lipinski definition) is 5. The Kier molecular flexibility index (Phi) is 3.69. The summed E-state index contributed by atoms with van der Waals surface area (Å²) < 4.78 is 17.9. The molecule has 3 heterocycles. The van der Waals surface area contributed by atoms with Crippen molar-refractivity contribution in [3.8, 4) is 11.5 Å². The molecule has 2 aromatic carbocycles. The van der Waals surface area contributed by atoms with E-state index >= 15 is 0 Å². The third-order valence-corrected chi connectivity index (χ3v) is 5.33. The smallest absolute Gasteiger partial charge is 0.421 e. The van der Waals surface area contributed by atoms with Gasteiger partial charge in [0, 0.05) is 23.7 Å². The monoisotopic (exact) mass is 372 g/mol. The fourth-order valence-corrected chi connectivity index (χ4v) is 4.01. The predicted octanol–water partition coefficient (Wildman–Crippen LogP) is 3.77. The zero-order chi connectivity index (χ0) is 17.7. The summed E-state index contributed by atoms with van der Waals surface area (Å²) in [6.07, 6.45) is 2.12. The maximum absolute atomic E-state index is 12.3. The second kappa shape index (κ2) is 6.07. The van der Waals surface area contributed by atoms with Crippen LogP contribution in [0.3, 0.4) is 0 Å². The Morgan fingerprint density at radius 2 is 2.00 bits per heavy atom. The summed E-state index contributed by atoms with van der Waals surface area (Å²) in [5.74, 6) is 1.21. The van der Waals surface area contributed by atoms with Crippen LogP contribution in [0.1, 0.15) is 24.4 Å². The summed E-state index contributed by atoms with van der Waals surface area (Å²) in [7, 11) is 0. The molecule has 7 heteroatoms. The molecule has 1 saturated heterocycles. The fourth-order valence-electron chi connectivity index (χ4n) is 3.85. The Balaban J connectivity index is 1.47. The van der Waals surface area contributed by atoms with Gasteiger partial charge in [0.25, 0.3) is 0 Å². The van der Waals surface area contributed by atoms with Gasteiger partial charge in [0.1, 0.15) is 0 Å². The quantitative estimate of drug-likeness (QED) is 0.700. The molecule has 1 atom stereocenters. The SMILES string of the molecule is O=c1oc2cc(Cl)ccc2n1CN1CCCC1c1ccc2c(c1)OCO2. The number of aromatic nitrogens is 1. The van der Waals surface area contributed by atoms with E-state index < -0.39 is 0 Å². The van der Waals surface area contributed by atoms with Crippen molar-refractivity contribution in [1.82, 2.24) is 9.47 Å². The van der Waals surface area contributed by atoms with Crippen LogP contribution in [0, 0.1) is 0 Å². The average Bonchev–Trinajstić information content (AvgIpc) is 3.34. The lowest BCUT2D eigenvalue weighted by molar-refractivity contribution is 0.173. The van der Waals surface area contributed by atoms with Crippen molar-refractivity contribution >= 4 is 22.7 Å². The summed E-state index contributed by atoms with van der Waals surface area (Å²) in [6, 6.07) is 11.6. The molecule has 26 heavy (non-hydrogen) atoms. The number of hydrogen-bond donors (Lipinski definition) is 0. The molecule has 0 spiro atoms. The molecule has 1 aromatic heterocycles. The van der Waals surface area contributed by atoms with Gasteiger partial charge in [-0.3, -0.25) is 9.47 Å². The van der Waals surface area contributed by atoms with E-state index in [2.05, 4.69) is 11.0 Å². The van der Waals surface area contributed by atoms with Crippen LogP contribution in [-0.4, -0.2) is 22.8 Å². The second-order valence-corrected chi connectivity index (χ2v) is 7.07. The molecular formula is C19H17ClN2O4. The first-order valence-corrected chi connectivity index (χ1v) is 8.99. The molecule has 3 aromatic rings. The molecular weight excluding hydrogens is 356 g/mol. The standard InChI is InChI=1S/C19H17ClN2O4/c20-13-4-5-15-17(9-13)26-19(23)22(15)10-21-7-1-2-14(21)12-3-6-16-18(8-12)25-11-24-16/h3-6,8-9,14H,1-2,7,10-11H2. The summed E-state index contributed by atoms with van der Waals surface area (Å²) in [6.45, 7) is 1.67. The lowest BCUT2D eigenvalue weighted by atomic mass is 10.0. The first-order chi connectivity index (χ1) is 12.7. The Bertz CT molecular complexity index is 1040. The molecule has 0 saturated carbocycles. The van der Waals surface area contributed by atoms with Gasteiger partial charge in [-0.2, -0.15) is 0 Å². The maximum Gasteiger partial charge on any atom is 0.421 e. The van der Waals surface area contributed by atoms with Gasteiger partial charge in [0.15, 0.2) is 17.1 Å². The predicted molar refractivity (Wildman–Crippen MR) is 96.7 cm³/mol. The first-order valence-electron chi connectivity index (χ1n) is 8.61. The van der Waals surface area contributed by atoms with Gasteiger partial charge in [0.2, 0.25) is 6.79 Å². The summed E-state index contributed by atoms with van der Waals surface area (Å²) >= 11 is 6.00. The van der Waals surface area contributed by atoms with E-state index in [-0.39, 0.29) is 18.6 Å². The minimum Gasteiger partial charge on any atom is -0.454 e. The highest BCUT2D eigenvalue weighted by molar-refractivity contribution is 6.31. The number of benzene rings is 2. The Morgan fingerprint density at radius 1 is 1.12 bits per heavy atom. The number of halogens is 1. The van der Waals surface area contributed by atoms with Crippen LogP contribution >= 0.6 is 11.6 Å². The highest BCUT2D eigenvalue weighted by Crippen LogP contribution is 2.39.